The molecule has 0 unspecified atom stereocenters. The number of carbonyl (C=O) groups is 3. The number of hydrogen-bond acceptors (Lipinski definition) is 11. The third kappa shape index (κ3) is 9.80. The first-order chi connectivity index (χ1) is 27.3. The zero-order valence-electron chi connectivity index (χ0n) is 33.2. The highest BCUT2D eigenvalue weighted by atomic mass is 31.2. The molecule has 3 amide bonds. The minimum atomic E-state index is -3.63. The van der Waals surface area contributed by atoms with E-state index in [9.17, 15) is 24.1 Å². The lowest BCUT2D eigenvalue weighted by Crippen LogP contribution is -2.70. The SMILES string of the molecule is CCOP(=O)(/C=C/[C@@H](NC(=O)[C@H](Cc1ccccc1)NC(=O)[C@H](CO[C@H]1O[C@@H]2O[C@@]3(C)CC[C@H]4[C@H](C)CC[C@@H]([C@H]1C)[C@@]24OO3)NC(=O)O)c1ccccc1)OCC. The van der Waals surface area contributed by atoms with Crippen LogP contribution in [0.4, 0.5) is 4.79 Å². The summed E-state index contributed by atoms with van der Waals surface area (Å²) in [6.45, 7) is 9.34. The molecular formula is C41H56N3O12P. The van der Waals surface area contributed by atoms with Crippen LogP contribution in [-0.4, -0.2) is 78.9 Å². The predicted molar refractivity (Wildman–Crippen MR) is 207 cm³/mol. The van der Waals surface area contributed by atoms with Gasteiger partial charge in [0.1, 0.15) is 12.1 Å². The molecule has 57 heavy (non-hydrogen) atoms. The summed E-state index contributed by atoms with van der Waals surface area (Å²) in [5.74, 6) is -0.790. The second-order valence-electron chi connectivity index (χ2n) is 15.5. The van der Waals surface area contributed by atoms with E-state index in [0.717, 1.165) is 24.8 Å². The van der Waals surface area contributed by atoms with E-state index in [1.54, 1.807) is 38.1 Å². The van der Waals surface area contributed by atoms with Crippen LogP contribution in [0, 0.1) is 23.7 Å². The highest BCUT2D eigenvalue weighted by molar-refractivity contribution is 7.57. The summed E-state index contributed by atoms with van der Waals surface area (Å²) in [6, 6.07) is 14.7. The number of carbonyl (C=O) groups excluding carboxylic acids is 2. The van der Waals surface area contributed by atoms with E-state index in [1.807, 2.05) is 50.2 Å². The third-order valence-corrected chi connectivity index (χ3v) is 13.4. The molecule has 2 aromatic carbocycles. The predicted octanol–water partition coefficient (Wildman–Crippen LogP) is 6.21. The van der Waals surface area contributed by atoms with Gasteiger partial charge >= 0.3 is 13.7 Å². The Morgan fingerprint density at radius 2 is 1.56 bits per heavy atom. The first kappa shape index (κ1) is 42.9. The minimum Gasteiger partial charge on any atom is -0.465 e. The standard InChI is InChI=1S/C41H56N3O12P/c1-6-51-57(49,52-7-2)23-21-32(29-16-12-9-13-17-29)42-35(45)33(24-28-14-10-8-11-15-28)43-36(46)34(44-39(47)48)25-50-37-27(4)31-19-18-26(3)30-20-22-40(5)54-38(53-37)41(30,31)56-55-40/h8-17,21,23,26-27,30-34,37-38,44H,6-7,18-20,22,24-25H2,1-5H3,(H,42,45)(H,43,46)(H,47,48)/b23-21+/t26-,27-,30+,31+,32-,33+,34+,37+,38-,40-,41-/m1/s1. The smallest absolute Gasteiger partial charge is 0.405 e. The average molecular weight is 814 g/mol. The molecule has 0 aromatic heterocycles. The van der Waals surface area contributed by atoms with Crippen molar-refractivity contribution in [1.29, 1.82) is 0 Å². The normalized spacial score (nSPS) is 31.0. The fraction of sp³-hybridized carbons (Fsp3) is 0.585. The molecule has 2 bridgehead atoms. The van der Waals surface area contributed by atoms with E-state index in [2.05, 4.69) is 22.9 Å². The molecule has 7 rings (SSSR count). The number of nitrogens with one attached hydrogen (secondary N) is 3. The number of carboxylic acid groups (broad SMARTS) is 1. The maximum Gasteiger partial charge on any atom is 0.405 e. The number of amides is 3. The second-order valence-corrected chi connectivity index (χ2v) is 17.4. The van der Waals surface area contributed by atoms with Gasteiger partial charge < -0.3 is 44.3 Å². The molecule has 4 heterocycles. The number of fused-ring (bicyclic) bond motifs is 2. The summed E-state index contributed by atoms with van der Waals surface area (Å²) < 4.78 is 43.3. The van der Waals surface area contributed by atoms with Crippen molar-refractivity contribution in [3.05, 3.63) is 83.7 Å². The summed E-state index contributed by atoms with van der Waals surface area (Å²) in [6.07, 6.45) is 1.82. The molecule has 312 valence electrons. The summed E-state index contributed by atoms with van der Waals surface area (Å²) in [5.41, 5.74) is 0.595. The zero-order valence-corrected chi connectivity index (χ0v) is 34.1. The maximum atomic E-state index is 14.2. The van der Waals surface area contributed by atoms with Crippen molar-refractivity contribution in [2.75, 3.05) is 19.8 Å². The Morgan fingerprint density at radius 3 is 2.23 bits per heavy atom. The third-order valence-electron chi connectivity index (χ3n) is 11.6. The molecule has 16 heteroatoms. The molecule has 1 saturated carbocycles. The topological polar surface area (TPSA) is 189 Å². The van der Waals surface area contributed by atoms with Crippen molar-refractivity contribution >= 4 is 25.5 Å². The first-order valence-corrected chi connectivity index (χ1v) is 21.5. The van der Waals surface area contributed by atoms with Gasteiger partial charge in [0, 0.05) is 30.5 Å². The maximum absolute atomic E-state index is 14.2. The molecule has 4 aliphatic heterocycles. The summed E-state index contributed by atoms with van der Waals surface area (Å²) in [4.78, 5) is 52.4. The van der Waals surface area contributed by atoms with Gasteiger partial charge in [0.15, 0.2) is 18.2 Å². The number of ether oxygens (including phenoxy) is 3. The molecule has 15 nitrogen and oxygen atoms in total. The van der Waals surface area contributed by atoms with E-state index in [1.165, 1.54) is 11.9 Å². The van der Waals surface area contributed by atoms with Gasteiger partial charge in [-0.05, 0) is 69.1 Å². The molecule has 2 aromatic rings. The first-order valence-electron chi connectivity index (χ1n) is 19.9. The van der Waals surface area contributed by atoms with Crippen LogP contribution >= 0.6 is 7.60 Å². The Labute approximate surface area is 333 Å². The lowest BCUT2D eigenvalue weighted by atomic mass is 9.58. The van der Waals surface area contributed by atoms with Crippen LogP contribution in [-0.2, 0) is 53.6 Å². The summed E-state index contributed by atoms with van der Waals surface area (Å²) in [5, 5.41) is 17.8. The van der Waals surface area contributed by atoms with Gasteiger partial charge in [0.05, 0.1) is 25.9 Å². The van der Waals surface area contributed by atoms with Gasteiger partial charge in [0.2, 0.25) is 17.6 Å². The molecule has 0 radical (unpaired) electrons. The Balaban J connectivity index is 1.20. The van der Waals surface area contributed by atoms with Crippen LogP contribution in [0.5, 0.6) is 0 Å². The molecular weight excluding hydrogens is 757 g/mol. The van der Waals surface area contributed by atoms with Gasteiger partial charge in [-0.3, -0.25) is 14.2 Å². The molecule has 1 spiro atoms. The fourth-order valence-corrected chi connectivity index (χ4v) is 10.1. The Kier molecular flexibility index (Phi) is 13.9. The fourth-order valence-electron chi connectivity index (χ4n) is 8.75. The van der Waals surface area contributed by atoms with Crippen LogP contribution in [0.2, 0.25) is 0 Å². The van der Waals surface area contributed by atoms with Crippen molar-refractivity contribution in [2.24, 2.45) is 23.7 Å². The highest BCUT2D eigenvalue weighted by Crippen LogP contribution is 2.60. The van der Waals surface area contributed by atoms with Gasteiger partial charge in [0.25, 0.3) is 0 Å². The Morgan fingerprint density at radius 1 is 0.895 bits per heavy atom. The Bertz CT molecular complexity index is 1760. The highest BCUT2D eigenvalue weighted by Gasteiger charge is 2.69. The van der Waals surface area contributed by atoms with Crippen molar-refractivity contribution in [2.45, 2.75) is 109 Å². The van der Waals surface area contributed by atoms with Crippen LogP contribution in [0.1, 0.15) is 77.5 Å². The summed E-state index contributed by atoms with van der Waals surface area (Å²) in [7, 11) is -3.63. The number of benzene rings is 2. The van der Waals surface area contributed by atoms with Gasteiger partial charge in [-0.1, -0.05) is 74.5 Å². The zero-order chi connectivity index (χ0) is 40.8. The van der Waals surface area contributed by atoms with Crippen LogP contribution in [0.3, 0.4) is 0 Å². The largest absolute Gasteiger partial charge is 0.465 e. The Hall–Kier alpha value is -3.66. The van der Waals surface area contributed by atoms with E-state index >= 15 is 0 Å². The average Bonchev–Trinajstić information content (AvgIpc) is 3.42. The molecule has 5 fully saturated rings. The van der Waals surface area contributed by atoms with Gasteiger partial charge in [-0.15, -0.1) is 0 Å². The second kappa shape index (κ2) is 18.5. The molecule has 1 aliphatic carbocycles. The van der Waals surface area contributed by atoms with Crippen molar-refractivity contribution in [3.63, 3.8) is 0 Å². The molecule has 11 atom stereocenters. The van der Waals surface area contributed by atoms with E-state index in [0.29, 0.717) is 17.9 Å². The van der Waals surface area contributed by atoms with Crippen LogP contribution in [0.25, 0.3) is 0 Å². The van der Waals surface area contributed by atoms with Crippen molar-refractivity contribution in [3.8, 4) is 0 Å². The molecule has 5 aliphatic rings. The van der Waals surface area contributed by atoms with Crippen molar-refractivity contribution < 1.29 is 57.1 Å². The number of rotatable bonds is 17. The van der Waals surface area contributed by atoms with Crippen LogP contribution < -0.4 is 16.0 Å². The lowest BCUT2D eigenvalue weighted by Gasteiger charge is -2.60. The summed E-state index contributed by atoms with van der Waals surface area (Å²) >= 11 is 0. The van der Waals surface area contributed by atoms with Crippen molar-refractivity contribution in [1.82, 2.24) is 16.0 Å². The lowest BCUT2D eigenvalue weighted by molar-refractivity contribution is -0.577. The van der Waals surface area contributed by atoms with E-state index in [-0.39, 0.29) is 37.4 Å². The quantitative estimate of drug-likeness (QED) is 0.105. The monoisotopic (exact) mass is 813 g/mol. The minimum absolute atomic E-state index is 0.0497. The molecule has 4 saturated heterocycles. The van der Waals surface area contributed by atoms with Gasteiger partial charge in [-0.25, -0.2) is 14.6 Å². The van der Waals surface area contributed by atoms with E-state index < -0.39 is 74.2 Å². The van der Waals surface area contributed by atoms with E-state index in [4.69, 9.17) is 33.0 Å². The number of hydrogen-bond donors (Lipinski definition) is 4. The van der Waals surface area contributed by atoms with Gasteiger partial charge in [-0.2, -0.15) is 0 Å². The van der Waals surface area contributed by atoms with Crippen LogP contribution in [0.15, 0.2) is 72.6 Å². The molecule has 4 N–H and O–H groups in total.